The van der Waals surface area contributed by atoms with E-state index in [1.165, 1.54) is 24.3 Å². The Morgan fingerprint density at radius 1 is 0.525 bits per heavy atom. The van der Waals surface area contributed by atoms with E-state index in [-0.39, 0.29) is 17.4 Å². The van der Waals surface area contributed by atoms with Crippen molar-refractivity contribution in [1.82, 2.24) is 0 Å². The van der Waals surface area contributed by atoms with E-state index in [4.69, 9.17) is 4.74 Å². The van der Waals surface area contributed by atoms with Crippen molar-refractivity contribution in [2.45, 2.75) is 31.3 Å². The lowest BCUT2D eigenvalue weighted by atomic mass is 9.42. The number of benzene rings is 4. The number of ketones is 1. The van der Waals surface area contributed by atoms with Crippen LogP contribution in [0.4, 0.5) is 8.78 Å². The van der Waals surface area contributed by atoms with Gasteiger partial charge in [-0.3, -0.25) is 4.79 Å². The van der Waals surface area contributed by atoms with Gasteiger partial charge in [-0.15, -0.1) is 0 Å². The van der Waals surface area contributed by atoms with Crippen LogP contribution < -0.4 is 0 Å². The SMILES string of the molecule is O=C1C2(CC2)C(c2ccccc2)=C(c2ccc(F)cc2)C23CCC12OC(c1ccc(F)cc1)=C3c1ccccc1. The van der Waals surface area contributed by atoms with Crippen LogP contribution in [0.25, 0.3) is 22.5 Å². The van der Waals surface area contributed by atoms with Crippen LogP contribution in [0, 0.1) is 22.5 Å². The average molecular weight is 529 g/mol. The lowest BCUT2D eigenvalue weighted by molar-refractivity contribution is -0.160. The second kappa shape index (κ2) is 8.11. The molecule has 1 spiro atoms. The fraction of sp³-hybridized carbons (Fsp3) is 0.194. The van der Waals surface area contributed by atoms with Crippen molar-refractivity contribution in [3.8, 4) is 0 Å². The molecule has 40 heavy (non-hydrogen) atoms. The Bertz CT molecular complexity index is 1730. The van der Waals surface area contributed by atoms with Gasteiger partial charge in [0.25, 0.3) is 0 Å². The van der Waals surface area contributed by atoms with Gasteiger partial charge in [-0.2, -0.15) is 0 Å². The highest BCUT2D eigenvalue weighted by molar-refractivity contribution is 6.23. The van der Waals surface area contributed by atoms with E-state index in [1.807, 2.05) is 48.5 Å². The summed E-state index contributed by atoms with van der Waals surface area (Å²) in [7, 11) is 0. The van der Waals surface area contributed by atoms with Crippen LogP contribution in [0.3, 0.4) is 0 Å². The summed E-state index contributed by atoms with van der Waals surface area (Å²) in [5, 5.41) is 0. The molecule has 0 saturated heterocycles. The van der Waals surface area contributed by atoms with E-state index in [1.54, 1.807) is 12.1 Å². The van der Waals surface area contributed by atoms with Crippen LogP contribution in [0.5, 0.6) is 0 Å². The topological polar surface area (TPSA) is 26.3 Å². The smallest absolute Gasteiger partial charge is 0.188 e. The van der Waals surface area contributed by atoms with Crippen LogP contribution in [0.2, 0.25) is 0 Å². The van der Waals surface area contributed by atoms with Crippen molar-refractivity contribution < 1.29 is 18.3 Å². The van der Waals surface area contributed by atoms with Crippen molar-refractivity contribution in [3.05, 3.63) is 143 Å². The molecule has 0 aromatic heterocycles. The van der Waals surface area contributed by atoms with Gasteiger partial charge in [0.15, 0.2) is 11.4 Å². The molecule has 0 N–H and O–H groups in total. The van der Waals surface area contributed by atoms with Gasteiger partial charge in [-0.25, -0.2) is 8.78 Å². The third kappa shape index (κ3) is 2.89. The zero-order valence-corrected chi connectivity index (χ0v) is 21.8. The largest absolute Gasteiger partial charge is 0.477 e. The van der Waals surface area contributed by atoms with E-state index >= 15 is 0 Å². The van der Waals surface area contributed by atoms with E-state index in [0.29, 0.717) is 18.6 Å². The molecule has 0 amide bonds. The minimum Gasteiger partial charge on any atom is -0.477 e. The van der Waals surface area contributed by atoms with E-state index in [9.17, 15) is 13.6 Å². The molecule has 4 aliphatic rings. The number of carbonyl (C=O) groups is 1. The van der Waals surface area contributed by atoms with Gasteiger partial charge in [0.2, 0.25) is 0 Å². The highest BCUT2D eigenvalue weighted by atomic mass is 19.1. The highest BCUT2D eigenvalue weighted by Crippen LogP contribution is 2.80. The van der Waals surface area contributed by atoms with Gasteiger partial charge in [0, 0.05) is 11.1 Å². The minimum atomic E-state index is -1.07. The van der Waals surface area contributed by atoms with E-state index in [2.05, 4.69) is 24.3 Å². The number of Topliss-reactive ketones (excluding diaryl/α,β-unsaturated/α-hetero) is 1. The number of ether oxygens (including phenoxy) is 1. The predicted octanol–water partition coefficient (Wildman–Crippen LogP) is 8.36. The first-order valence-corrected chi connectivity index (χ1v) is 13.9. The van der Waals surface area contributed by atoms with Crippen LogP contribution in [-0.2, 0) is 9.53 Å². The fourth-order valence-electron chi connectivity index (χ4n) is 7.67. The van der Waals surface area contributed by atoms with Crippen molar-refractivity contribution in [2.24, 2.45) is 10.8 Å². The van der Waals surface area contributed by atoms with Gasteiger partial charge in [-0.1, -0.05) is 72.8 Å². The third-order valence-electron chi connectivity index (χ3n) is 9.54. The average Bonchev–Trinajstić information content (AvgIpc) is 3.74. The summed E-state index contributed by atoms with van der Waals surface area (Å²) in [6.07, 6.45) is 2.83. The molecule has 0 radical (unpaired) electrons. The molecule has 2 unspecified atom stereocenters. The first-order valence-electron chi connectivity index (χ1n) is 13.9. The van der Waals surface area contributed by atoms with E-state index in [0.717, 1.165) is 51.8 Å². The molecule has 0 bridgehead atoms. The van der Waals surface area contributed by atoms with Gasteiger partial charge in [0.1, 0.15) is 17.4 Å². The first kappa shape index (κ1) is 23.6. The molecule has 4 aromatic carbocycles. The molecule has 2 saturated carbocycles. The fourth-order valence-corrected chi connectivity index (χ4v) is 7.67. The summed E-state index contributed by atoms with van der Waals surface area (Å²) in [4.78, 5) is 14.9. The van der Waals surface area contributed by atoms with Gasteiger partial charge in [0.05, 0.1) is 10.8 Å². The Labute approximate surface area is 231 Å². The number of halogens is 2. The summed E-state index contributed by atoms with van der Waals surface area (Å²) in [5.41, 5.74) is 4.19. The maximum absolute atomic E-state index is 14.9. The Balaban J connectivity index is 1.52. The van der Waals surface area contributed by atoms with Gasteiger partial charge < -0.3 is 4.74 Å². The monoisotopic (exact) mass is 528 g/mol. The number of hydrogen-bond donors (Lipinski definition) is 0. The Kier molecular flexibility index (Phi) is 4.78. The molecule has 1 heterocycles. The van der Waals surface area contributed by atoms with Crippen molar-refractivity contribution in [3.63, 3.8) is 0 Å². The van der Waals surface area contributed by atoms with Crippen molar-refractivity contribution in [1.29, 1.82) is 0 Å². The Morgan fingerprint density at radius 3 is 1.52 bits per heavy atom. The lowest BCUT2D eigenvalue weighted by Gasteiger charge is -2.60. The maximum Gasteiger partial charge on any atom is 0.188 e. The van der Waals surface area contributed by atoms with Gasteiger partial charge >= 0.3 is 0 Å². The Hall–Kier alpha value is -4.31. The molecule has 196 valence electrons. The maximum atomic E-state index is 14.9. The highest BCUT2D eigenvalue weighted by Gasteiger charge is 2.80. The number of carbonyl (C=O) groups excluding carboxylic acids is 1. The zero-order valence-electron chi connectivity index (χ0n) is 21.8. The molecular formula is C36H26F2O2. The molecule has 2 fully saturated rings. The molecule has 1 aliphatic heterocycles. The summed E-state index contributed by atoms with van der Waals surface area (Å²) in [5.74, 6) is 0.138. The molecular weight excluding hydrogens is 502 g/mol. The predicted molar refractivity (Wildman–Crippen MR) is 151 cm³/mol. The summed E-state index contributed by atoms with van der Waals surface area (Å²) >= 11 is 0. The van der Waals surface area contributed by atoms with Gasteiger partial charge in [-0.05, 0) is 89.9 Å². The molecule has 2 atom stereocenters. The van der Waals surface area contributed by atoms with Crippen LogP contribution in [0.1, 0.15) is 47.9 Å². The molecule has 3 aliphatic carbocycles. The second-order valence-electron chi connectivity index (χ2n) is 11.4. The Morgan fingerprint density at radius 2 is 1.02 bits per heavy atom. The molecule has 2 nitrogen and oxygen atoms in total. The quantitative estimate of drug-likeness (QED) is 0.266. The molecule has 8 rings (SSSR count). The van der Waals surface area contributed by atoms with E-state index < -0.39 is 16.4 Å². The number of hydrogen-bond acceptors (Lipinski definition) is 2. The van der Waals surface area contributed by atoms with Crippen molar-refractivity contribution >= 4 is 28.3 Å². The first-order chi connectivity index (χ1) is 19.5. The number of rotatable bonds is 4. The van der Waals surface area contributed by atoms with Crippen LogP contribution in [-0.4, -0.2) is 11.4 Å². The second-order valence-corrected chi connectivity index (χ2v) is 11.4. The summed E-state index contributed by atoms with van der Waals surface area (Å²) in [6.45, 7) is 0. The van der Waals surface area contributed by atoms with Crippen LogP contribution in [0.15, 0.2) is 109 Å². The molecule has 4 aromatic rings. The lowest BCUT2D eigenvalue weighted by Crippen LogP contribution is -2.66. The minimum absolute atomic E-state index is 0.140. The van der Waals surface area contributed by atoms with Crippen LogP contribution >= 0.6 is 0 Å². The zero-order chi connectivity index (χ0) is 27.1. The summed E-state index contributed by atoms with van der Waals surface area (Å²) in [6, 6.07) is 33.3. The molecule has 4 heteroatoms. The number of allylic oxidation sites excluding steroid dienone is 1. The third-order valence-corrected chi connectivity index (χ3v) is 9.54. The normalized spacial score (nSPS) is 25.8. The standard InChI is InChI=1S/C36H26F2O2/c37-27-15-11-25(12-16-27)30-29(23-7-3-1-4-8-23)34(19-20-34)33(39)36-22-21-35(30,36)31(24-9-5-2-6-10-24)32(40-36)26-13-17-28(38)18-14-26/h1-18H,19-22H2. The van der Waals surface area contributed by atoms with Crippen molar-refractivity contribution in [2.75, 3.05) is 0 Å². The summed E-state index contributed by atoms with van der Waals surface area (Å²) < 4.78 is 35.3.